The summed E-state index contributed by atoms with van der Waals surface area (Å²) >= 11 is 5.46. The third-order valence-electron chi connectivity index (χ3n) is 1.44. The van der Waals surface area contributed by atoms with E-state index in [1.165, 1.54) is 0 Å². The summed E-state index contributed by atoms with van der Waals surface area (Å²) in [6.45, 7) is 0. The Bertz CT molecular complexity index is 344. The summed E-state index contributed by atoms with van der Waals surface area (Å²) in [5, 5.41) is -0.384. The van der Waals surface area contributed by atoms with Crippen LogP contribution in [0.1, 0.15) is 22.5 Å². The van der Waals surface area contributed by atoms with Crippen LogP contribution in [0.25, 0.3) is 0 Å². The summed E-state index contributed by atoms with van der Waals surface area (Å²) in [5.74, 6) is 0. The number of aromatic nitrogens is 1. The Morgan fingerprint density at radius 1 is 1.62 bits per heavy atom. The predicted octanol–water partition coefficient (Wildman–Crippen LogP) is 2.07. The van der Waals surface area contributed by atoms with Gasteiger partial charge in [-0.15, -0.1) is 0 Å². The van der Waals surface area contributed by atoms with E-state index in [1.807, 2.05) is 0 Å². The fraction of sp³-hybridized carbons (Fsp3) is 0.143. The SMILES string of the molecule is Nc1cnc(C(F)F)c(Cl)c1C=O. The number of anilines is 1. The first kappa shape index (κ1) is 9.85. The Hall–Kier alpha value is -1.23. The number of nitrogen functional groups attached to an aromatic ring is 1. The highest BCUT2D eigenvalue weighted by Crippen LogP contribution is 2.29. The number of halogens is 3. The molecule has 1 rings (SSSR count). The lowest BCUT2D eigenvalue weighted by molar-refractivity contribution is 0.112. The van der Waals surface area contributed by atoms with Crippen LogP contribution in [0.3, 0.4) is 0 Å². The fourth-order valence-electron chi connectivity index (χ4n) is 0.802. The van der Waals surface area contributed by atoms with E-state index in [9.17, 15) is 13.6 Å². The van der Waals surface area contributed by atoms with Crippen molar-refractivity contribution in [1.82, 2.24) is 4.98 Å². The summed E-state index contributed by atoms with van der Waals surface area (Å²) in [7, 11) is 0. The van der Waals surface area contributed by atoms with E-state index in [0.29, 0.717) is 6.29 Å². The van der Waals surface area contributed by atoms with Gasteiger partial charge in [-0.3, -0.25) is 9.78 Å². The molecule has 0 aliphatic heterocycles. The maximum absolute atomic E-state index is 12.2. The molecule has 0 bridgehead atoms. The maximum Gasteiger partial charge on any atom is 0.281 e. The first-order valence-electron chi connectivity index (χ1n) is 3.25. The molecule has 1 heterocycles. The second-order valence-corrected chi connectivity index (χ2v) is 2.62. The molecule has 3 nitrogen and oxygen atoms in total. The topological polar surface area (TPSA) is 56.0 Å². The Morgan fingerprint density at radius 2 is 2.23 bits per heavy atom. The second kappa shape index (κ2) is 3.66. The van der Waals surface area contributed by atoms with Crippen molar-refractivity contribution < 1.29 is 13.6 Å². The molecular weight excluding hydrogens is 202 g/mol. The Kier molecular flexibility index (Phi) is 2.77. The van der Waals surface area contributed by atoms with Crippen LogP contribution in [-0.2, 0) is 0 Å². The summed E-state index contributed by atoms with van der Waals surface area (Å²) in [4.78, 5) is 13.7. The summed E-state index contributed by atoms with van der Waals surface area (Å²) < 4.78 is 24.3. The second-order valence-electron chi connectivity index (χ2n) is 2.24. The van der Waals surface area contributed by atoms with E-state index in [0.717, 1.165) is 6.20 Å². The normalized spacial score (nSPS) is 10.5. The first-order valence-corrected chi connectivity index (χ1v) is 3.63. The predicted molar refractivity (Wildman–Crippen MR) is 44.0 cm³/mol. The van der Waals surface area contributed by atoms with Crippen molar-refractivity contribution in [2.24, 2.45) is 0 Å². The van der Waals surface area contributed by atoms with Crippen LogP contribution in [0.15, 0.2) is 6.20 Å². The van der Waals surface area contributed by atoms with Crippen molar-refractivity contribution in [2.75, 3.05) is 5.73 Å². The first-order chi connectivity index (χ1) is 6.07. The van der Waals surface area contributed by atoms with E-state index >= 15 is 0 Å². The summed E-state index contributed by atoms with van der Waals surface area (Å²) in [5.41, 5.74) is 4.49. The molecule has 1 aromatic rings. The molecule has 0 radical (unpaired) electrons. The van der Waals surface area contributed by atoms with Gasteiger partial charge in [0.25, 0.3) is 6.43 Å². The molecule has 0 amide bonds. The minimum Gasteiger partial charge on any atom is -0.397 e. The van der Waals surface area contributed by atoms with Crippen LogP contribution in [0, 0.1) is 0 Å². The van der Waals surface area contributed by atoms with Crippen molar-refractivity contribution in [2.45, 2.75) is 6.43 Å². The van der Waals surface area contributed by atoms with Gasteiger partial charge < -0.3 is 5.73 Å². The lowest BCUT2D eigenvalue weighted by Crippen LogP contribution is -2.00. The van der Waals surface area contributed by atoms with Gasteiger partial charge in [0, 0.05) is 0 Å². The molecule has 0 saturated carbocycles. The summed E-state index contributed by atoms with van der Waals surface area (Å²) in [6.07, 6.45) is -1.51. The number of carbonyl (C=O) groups excluding carboxylic acids is 1. The van der Waals surface area contributed by atoms with E-state index in [1.54, 1.807) is 0 Å². The molecule has 70 valence electrons. The van der Waals surface area contributed by atoms with Gasteiger partial charge in [0.2, 0.25) is 0 Å². The van der Waals surface area contributed by atoms with Crippen LogP contribution in [0.5, 0.6) is 0 Å². The largest absolute Gasteiger partial charge is 0.397 e. The highest BCUT2D eigenvalue weighted by molar-refractivity contribution is 6.34. The Balaban J connectivity index is 3.35. The average Bonchev–Trinajstić information content (AvgIpc) is 2.04. The van der Waals surface area contributed by atoms with Gasteiger partial charge in [0.15, 0.2) is 6.29 Å². The van der Waals surface area contributed by atoms with Crippen molar-refractivity contribution in [3.8, 4) is 0 Å². The molecule has 1 aromatic heterocycles. The molecule has 2 N–H and O–H groups in total. The molecule has 6 heteroatoms. The third kappa shape index (κ3) is 1.75. The van der Waals surface area contributed by atoms with Crippen molar-refractivity contribution >= 4 is 23.6 Å². The van der Waals surface area contributed by atoms with Gasteiger partial charge in [-0.2, -0.15) is 0 Å². The van der Waals surface area contributed by atoms with Crippen LogP contribution < -0.4 is 5.73 Å². The van der Waals surface area contributed by atoms with Crippen molar-refractivity contribution in [1.29, 1.82) is 0 Å². The highest BCUT2D eigenvalue weighted by atomic mass is 35.5. The number of nitrogens with two attached hydrogens (primary N) is 1. The molecule has 0 fully saturated rings. The molecule has 0 atom stereocenters. The smallest absolute Gasteiger partial charge is 0.281 e. The molecule has 0 unspecified atom stereocenters. The van der Waals surface area contributed by atoms with Crippen molar-refractivity contribution in [3.63, 3.8) is 0 Å². The molecule has 13 heavy (non-hydrogen) atoms. The fourth-order valence-corrected chi connectivity index (χ4v) is 1.09. The van der Waals surface area contributed by atoms with E-state index in [-0.39, 0.29) is 16.3 Å². The van der Waals surface area contributed by atoms with Gasteiger partial charge in [-0.05, 0) is 0 Å². The van der Waals surface area contributed by atoms with Gasteiger partial charge >= 0.3 is 0 Å². The monoisotopic (exact) mass is 206 g/mol. The zero-order valence-corrected chi connectivity index (χ0v) is 7.05. The van der Waals surface area contributed by atoms with Crippen LogP contribution in [-0.4, -0.2) is 11.3 Å². The van der Waals surface area contributed by atoms with E-state index < -0.39 is 12.1 Å². The number of pyridine rings is 1. The number of rotatable bonds is 2. The highest BCUT2D eigenvalue weighted by Gasteiger charge is 2.17. The standard InChI is InChI=1S/C7H5ClF2N2O/c8-5-3(2-13)4(11)1-12-6(5)7(9)10/h1-2,7H,11H2. The van der Waals surface area contributed by atoms with Gasteiger partial charge in [-0.25, -0.2) is 8.78 Å². The van der Waals surface area contributed by atoms with Crippen molar-refractivity contribution in [3.05, 3.63) is 22.5 Å². The lowest BCUT2D eigenvalue weighted by Gasteiger charge is -2.05. The molecule has 0 saturated heterocycles. The molecule has 0 aliphatic carbocycles. The zero-order valence-electron chi connectivity index (χ0n) is 6.30. The van der Waals surface area contributed by atoms with Gasteiger partial charge in [-0.1, -0.05) is 11.6 Å². The number of hydrogen-bond acceptors (Lipinski definition) is 3. The lowest BCUT2D eigenvalue weighted by atomic mass is 10.2. The number of carbonyl (C=O) groups is 1. The number of hydrogen-bond donors (Lipinski definition) is 1. The number of alkyl halides is 2. The number of aldehydes is 1. The average molecular weight is 207 g/mol. The Labute approximate surface area is 77.5 Å². The van der Waals surface area contributed by atoms with Crippen LogP contribution in [0.4, 0.5) is 14.5 Å². The van der Waals surface area contributed by atoms with Crippen LogP contribution in [0.2, 0.25) is 5.02 Å². The minimum absolute atomic E-state index is 0.00981. The van der Waals surface area contributed by atoms with E-state index in [2.05, 4.69) is 4.98 Å². The maximum atomic E-state index is 12.2. The quantitative estimate of drug-likeness (QED) is 0.754. The number of nitrogens with zero attached hydrogens (tertiary/aromatic N) is 1. The molecule has 0 aromatic carbocycles. The zero-order chi connectivity index (χ0) is 10.0. The molecular formula is C7H5ClF2N2O. The van der Waals surface area contributed by atoms with E-state index in [4.69, 9.17) is 17.3 Å². The van der Waals surface area contributed by atoms with Crippen LogP contribution >= 0.6 is 11.6 Å². The van der Waals surface area contributed by atoms with Gasteiger partial charge in [0.05, 0.1) is 22.5 Å². The third-order valence-corrected chi connectivity index (χ3v) is 1.84. The Morgan fingerprint density at radius 3 is 2.69 bits per heavy atom. The summed E-state index contributed by atoms with van der Waals surface area (Å²) in [6, 6.07) is 0. The molecule has 0 spiro atoms. The minimum atomic E-state index is -2.81. The molecule has 0 aliphatic rings. The van der Waals surface area contributed by atoms with Gasteiger partial charge in [0.1, 0.15) is 5.69 Å².